The molecule has 0 aliphatic rings. The highest BCUT2D eigenvalue weighted by Gasteiger charge is 2.26. The molecular weight excluding hydrogens is 309 g/mol. The third kappa shape index (κ3) is 4.26. The van der Waals surface area contributed by atoms with Gasteiger partial charge in [-0.3, -0.25) is 0 Å². The molecule has 1 aromatic rings. The van der Waals surface area contributed by atoms with E-state index in [0.29, 0.717) is 12.1 Å². The number of aliphatic hydroxyl groups is 1. The number of rotatable bonds is 7. The average Bonchev–Trinajstić information content (AvgIpc) is 2.40. The number of nitrogens with one attached hydrogen (secondary N) is 1. The molecule has 4 heteroatoms. The van der Waals surface area contributed by atoms with E-state index in [1.165, 1.54) is 6.07 Å². The zero-order valence-electron chi connectivity index (χ0n) is 11.8. The van der Waals surface area contributed by atoms with Crippen LogP contribution in [0.5, 0.6) is 0 Å². The van der Waals surface area contributed by atoms with Crippen molar-refractivity contribution >= 4 is 15.9 Å². The Bertz CT molecular complexity index is 399. The maximum Gasteiger partial charge on any atom is 0.129 e. The second-order valence-electron chi connectivity index (χ2n) is 5.13. The summed E-state index contributed by atoms with van der Waals surface area (Å²) in [5.41, 5.74) is 0.544. The summed E-state index contributed by atoms with van der Waals surface area (Å²) in [5, 5.41) is 12.9. The molecule has 0 saturated heterocycles. The Morgan fingerprint density at radius 1 is 1.37 bits per heavy atom. The van der Waals surface area contributed by atoms with Crippen LogP contribution in [0.1, 0.15) is 45.2 Å². The Hall–Kier alpha value is -0.450. The van der Waals surface area contributed by atoms with Crippen molar-refractivity contribution in [2.45, 2.75) is 39.7 Å². The Labute approximate surface area is 123 Å². The van der Waals surface area contributed by atoms with Crippen molar-refractivity contribution in [3.05, 3.63) is 34.1 Å². The molecule has 0 aromatic heterocycles. The lowest BCUT2D eigenvalue weighted by Gasteiger charge is -2.31. The first-order valence-electron chi connectivity index (χ1n) is 6.77. The van der Waals surface area contributed by atoms with Crippen LogP contribution in [0.4, 0.5) is 4.39 Å². The SMILES string of the molecule is CCC(CC)(CO)CNC(C)c1ccc(Br)cc1F. The second-order valence-corrected chi connectivity index (χ2v) is 6.05. The van der Waals surface area contributed by atoms with Crippen molar-refractivity contribution in [3.8, 4) is 0 Å². The van der Waals surface area contributed by atoms with Crippen molar-refractivity contribution in [3.63, 3.8) is 0 Å². The van der Waals surface area contributed by atoms with Gasteiger partial charge in [0.25, 0.3) is 0 Å². The van der Waals surface area contributed by atoms with Crippen LogP contribution in [0.25, 0.3) is 0 Å². The highest BCUT2D eigenvalue weighted by molar-refractivity contribution is 9.10. The van der Waals surface area contributed by atoms with Crippen molar-refractivity contribution in [1.29, 1.82) is 0 Å². The molecule has 1 atom stereocenters. The summed E-state index contributed by atoms with van der Waals surface area (Å²) in [6, 6.07) is 5.04. The first-order valence-corrected chi connectivity index (χ1v) is 7.56. The molecular formula is C15H23BrFNO. The van der Waals surface area contributed by atoms with Crippen molar-refractivity contribution in [2.75, 3.05) is 13.2 Å². The third-order valence-electron chi connectivity index (χ3n) is 4.05. The van der Waals surface area contributed by atoms with E-state index in [1.807, 2.05) is 13.0 Å². The Balaban J connectivity index is 2.72. The first kappa shape index (κ1) is 16.6. The summed E-state index contributed by atoms with van der Waals surface area (Å²) in [7, 11) is 0. The molecule has 1 aromatic carbocycles. The predicted molar refractivity (Wildman–Crippen MR) is 80.6 cm³/mol. The fourth-order valence-corrected chi connectivity index (χ4v) is 2.44. The summed E-state index contributed by atoms with van der Waals surface area (Å²) in [6.07, 6.45) is 1.81. The summed E-state index contributed by atoms with van der Waals surface area (Å²) >= 11 is 3.26. The molecule has 19 heavy (non-hydrogen) atoms. The smallest absolute Gasteiger partial charge is 0.129 e. The van der Waals surface area contributed by atoms with E-state index in [9.17, 15) is 9.50 Å². The predicted octanol–water partition coefficient (Wildman–Crippen LogP) is 4.04. The monoisotopic (exact) mass is 331 g/mol. The molecule has 2 N–H and O–H groups in total. The molecule has 2 nitrogen and oxygen atoms in total. The van der Waals surface area contributed by atoms with Crippen molar-refractivity contribution in [2.24, 2.45) is 5.41 Å². The van der Waals surface area contributed by atoms with Gasteiger partial charge < -0.3 is 10.4 Å². The third-order valence-corrected chi connectivity index (χ3v) is 4.54. The fraction of sp³-hybridized carbons (Fsp3) is 0.600. The second kappa shape index (κ2) is 7.36. The van der Waals surface area contributed by atoms with Crippen LogP contribution >= 0.6 is 15.9 Å². The van der Waals surface area contributed by atoms with E-state index in [1.54, 1.807) is 6.07 Å². The highest BCUT2D eigenvalue weighted by Crippen LogP contribution is 2.27. The number of hydrogen-bond acceptors (Lipinski definition) is 2. The maximum absolute atomic E-state index is 13.8. The van der Waals surface area contributed by atoms with Crippen LogP contribution in [0.3, 0.4) is 0 Å². The van der Waals surface area contributed by atoms with Crippen molar-refractivity contribution in [1.82, 2.24) is 5.32 Å². The number of hydrogen-bond donors (Lipinski definition) is 2. The van der Waals surface area contributed by atoms with Gasteiger partial charge in [-0.25, -0.2) is 4.39 Å². The van der Waals surface area contributed by atoms with Crippen LogP contribution < -0.4 is 5.32 Å². The van der Waals surface area contributed by atoms with Gasteiger partial charge in [0.15, 0.2) is 0 Å². The zero-order chi connectivity index (χ0) is 14.5. The molecule has 1 unspecified atom stereocenters. The normalized spacial score (nSPS) is 13.6. The number of benzene rings is 1. The van der Waals surface area contributed by atoms with Gasteiger partial charge in [-0.2, -0.15) is 0 Å². The molecule has 0 bridgehead atoms. The molecule has 0 spiro atoms. The summed E-state index contributed by atoms with van der Waals surface area (Å²) < 4.78 is 14.6. The lowest BCUT2D eigenvalue weighted by Crippen LogP contribution is -2.37. The molecule has 0 aliphatic carbocycles. The topological polar surface area (TPSA) is 32.3 Å². The Morgan fingerprint density at radius 3 is 2.47 bits per heavy atom. The van der Waals surface area contributed by atoms with Gasteiger partial charge in [0.05, 0.1) is 0 Å². The van der Waals surface area contributed by atoms with Gasteiger partial charge in [-0.15, -0.1) is 0 Å². The van der Waals surface area contributed by atoms with Crippen LogP contribution in [0.15, 0.2) is 22.7 Å². The maximum atomic E-state index is 13.8. The van der Waals surface area contributed by atoms with Gasteiger partial charge >= 0.3 is 0 Å². The Morgan fingerprint density at radius 2 is 2.00 bits per heavy atom. The van der Waals surface area contributed by atoms with Crippen LogP contribution in [-0.2, 0) is 0 Å². The minimum absolute atomic E-state index is 0.0721. The van der Waals surface area contributed by atoms with E-state index in [-0.39, 0.29) is 23.9 Å². The van der Waals surface area contributed by atoms with Gasteiger partial charge in [-0.05, 0) is 31.9 Å². The van der Waals surface area contributed by atoms with Gasteiger partial charge in [0.1, 0.15) is 5.82 Å². The molecule has 0 saturated carbocycles. The molecule has 0 radical (unpaired) electrons. The Kier molecular flexibility index (Phi) is 6.43. The minimum Gasteiger partial charge on any atom is -0.396 e. The van der Waals surface area contributed by atoms with Crippen LogP contribution in [0.2, 0.25) is 0 Å². The summed E-state index contributed by atoms with van der Waals surface area (Å²) in [6.45, 7) is 6.94. The lowest BCUT2D eigenvalue weighted by atomic mass is 9.83. The molecule has 0 amide bonds. The molecule has 108 valence electrons. The minimum atomic E-state index is -0.211. The van der Waals surface area contributed by atoms with E-state index in [0.717, 1.165) is 17.3 Å². The van der Waals surface area contributed by atoms with Crippen molar-refractivity contribution < 1.29 is 9.50 Å². The molecule has 1 rings (SSSR count). The first-order chi connectivity index (χ1) is 8.98. The standard InChI is InChI=1S/C15H23BrFNO/c1-4-15(5-2,10-19)9-18-11(3)13-7-6-12(16)8-14(13)17/h6-8,11,18-19H,4-5,9-10H2,1-3H3. The molecule has 0 heterocycles. The molecule has 0 aliphatic heterocycles. The fourth-order valence-electron chi connectivity index (χ4n) is 2.11. The highest BCUT2D eigenvalue weighted by atomic mass is 79.9. The quantitative estimate of drug-likeness (QED) is 0.790. The van der Waals surface area contributed by atoms with Gasteiger partial charge in [-0.1, -0.05) is 35.8 Å². The zero-order valence-corrected chi connectivity index (χ0v) is 13.4. The average molecular weight is 332 g/mol. The number of halogens is 2. The van der Waals surface area contributed by atoms with Gasteiger partial charge in [0.2, 0.25) is 0 Å². The van der Waals surface area contributed by atoms with E-state index in [2.05, 4.69) is 35.1 Å². The van der Waals surface area contributed by atoms with E-state index >= 15 is 0 Å². The number of aliphatic hydroxyl groups excluding tert-OH is 1. The van der Waals surface area contributed by atoms with Gasteiger partial charge in [0, 0.05) is 34.6 Å². The van der Waals surface area contributed by atoms with E-state index < -0.39 is 0 Å². The largest absolute Gasteiger partial charge is 0.396 e. The molecule has 0 fully saturated rings. The lowest BCUT2D eigenvalue weighted by molar-refractivity contribution is 0.110. The van der Waals surface area contributed by atoms with Crippen LogP contribution in [-0.4, -0.2) is 18.3 Å². The summed E-state index contributed by atoms with van der Waals surface area (Å²) in [5.74, 6) is -0.211. The summed E-state index contributed by atoms with van der Waals surface area (Å²) in [4.78, 5) is 0. The van der Waals surface area contributed by atoms with Crippen LogP contribution in [0, 0.1) is 11.2 Å². The van der Waals surface area contributed by atoms with E-state index in [4.69, 9.17) is 0 Å².